The molecule has 58 heavy (non-hydrogen) atoms. The van der Waals surface area contributed by atoms with Gasteiger partial charge in [0.1, 0.15) is 12.1 Å². The molecule has 3 amide bonds. The fourth-order valence-electron chi connectivity index (χ4n) is 5.86. The molecule has 5 N–H and O–H groups in total. The van der Waals surface area contributed by atoms with E-state index in [0.29, 0.717) is 44.0 Å². The molecule has 2 heterocycles. The first-order chi connectivity index (χ1) is 27.3. The zero-order valence-corrected chi connectivity index (χ0v) is 34.8. The Labute approximate surface area is 340 Å². The third-order valence-electron chi connectivity index (χ3n) is 8.93. The third kappa shape index (κ3) is 16.4. The number of nitrogens with one attached hydrogen (secondary N) is 2. The zero-order valence-electron chi connectivity index (χ0n) is 33.1. The topological polar surface area (TPSA) is 283 Å². The van der Waals surface area contributed by atoms with E-state index in [-0.39, 0.29) is 54.8 Å². The van der Waals surface area contributed by atoms with Crippen molar-refractivity contribution in [3.8, 4) is 5.75 Å². The Bertz CT molecular complexity index is 1790. The summed E-state index contributed by atoms with van der Waals surface area (Å²) in [5, 5.41) is 34.7. The Morgan fingerprint density at radius 1 is 1.05 bits per heavy atom. The van der Waals surface area contributed by atoms with Gasteiger partial charge in [-0.05, 0) is 43.9 Å². The Balaban J connectivity index is 1.44. The lowest BCUT2D eigenvalue weighted by Gasteiger charge is -2.19. The second-order valence-corrected chi connectivity index (χ2v) is 16.9. The number of rotatable bonds is 27. The number of benzene rings is 1. The first-order valence-electron chi connectivity index (χ1n) is 19.2. The van der Waals surface area contributed by atoms with Crippen LogP contribution in [-0.2, 0) is 46.2 Å². The number of unbranched alkanes of at least 4 members (excludes halogenated alkanes) is 5. The lowest BCUT2D eigenvalue weighted by Crippen LogP contribution is -2.43. The van der Waals surface area contributed by atoms with Crippen LogP contribution in [0.2, 0.25) is 0 Å². The fraction of sp³-hybridized carbons (Fsp3) is 0.639. The molecule has 2 aromatic rings. The van der Waals surface area contributed by atoms with Gasteiger partial charge < -0.3 is 25.0 Å². The molecule has 1 saturated heterocycles. The number of thioether (sulfide) groups is 1. The Hall–Kier alpha value is -4.43. The molecule has 3 atom stereocenters. The Kier molecular flexibility index (Phi) is 19.2. The number of carbonyl (C=O) groups is 5. The highest BCUT2D eigenvalue weighted by Gasteiger charge is 2.39. The predicted molar refractivity (Wildman–Crippen MR) is 210 cm³/mol. The number of nitrogens with zero attached hydrogens (tertiary/aromatic N) is 5. The number of phosphoric ester groups is 1. The molecule has 1 aromatic carbocycles. The van der Waals surface area contributed by atoms with Gasteiger partial charge >= 0.3 is 25.4 Å². The molecule has 322 valence electrons. The summed E-state index contributed by atoms with van der Waals surface area (Å²) >= 11 is 1.06. The van der Waals surface area contributed by atoms with Crippen molar-refractivity contribution >= 4 is 54.9 Å². The molecule has 3 rings (SSSR count). The van der Waals surface area contributed by atoms with Crippen molar-refractivity contribution in [3.63, 3.8) is 0 Å². The van der Waals surface area contributed by atoms with E-state index >= 15 is 0 Å². The number of likely N-dealkylation sites (tertiary alicyclic amines) is 1. The smallest absolute Gasteiger partial charge is 0.480 e. The molecule has 0 radical (unpaired) electrons. The summed E-state index contributed by atoms with van der Waals surface area (Å²) in [6, 6.07) is 2.55. The Morgan fingerprint density at radius 3 is 2.38 bits per heavy atom. The summed E-state index contributed by atoms with van der Waals surface area (Å²) in [7, 11) is -5.09. The second kappa shape index (κ2) is 23.2. The SMILES string of the molecule is CC(C)NCCCCCC(=O)NC(CSC1CC(=O)N(CCCCCCn2cc(CC(OC(=O)C(C)C)c3ccc(OP(=O)(O)O)c([N+](=O)[O-])c3)nn2)C1=O)C(=O)O. The summed E-state index contributed by atoms with van der Waals surface area (Å²) in [6.07, 6.45) is 5.83. The molecule has 0 spiro atoms. The number of aromatic nitrogens is 3. The number of nitro groups is 1. The van der Waals surface area contributed by atoms with Crippen LogP contribution >= 0.6 is 19.6 Å². The molecule has 0 saturated carbocycles. The average molecular weight is 856 g/mol. The molecular weight excluding hydrogens is 801 g/mol. The fourth-order valence-corrected chi connectivity index (χ4v) is 7.46. The van der Waals surface area contributed by atoms with Gasteiger partial charge in [-0.3, -0.25) is 48.7 Å². The number of nitro benzene ring substituents is 1. The number of hydrogen-bond acceptors (Lipinski definition) is 14. The van der Waals surface area contributed by atoms with E-state index in [1.54, 1.807) is 24.7 Å². The van der Waals surface area contributed by atoms with Crippen LogP contribution in [0.3, 0.4) is 0 Å². The van der Waals surface area contributed by atoms with Gasteiger partial charge in [0.25, 0.3) is 0 Å². The molecule has 1 fully saturated rings. The van der Waals surface area contributed by atoms with Gasteiger partial charge in [0.15, 0.2) is 0 Å². The van der Waals surface area contributed by atoms with Gasteiger partial charge in [0, 0.05) is 56.4 Å². The molecule has 20 nitrogen and oxygen atoms in total. The molecule has 0 bridgehead atoms. The van der Waals surface area contributed by atoms with E-state index in [9.17, 15) is 43.8 Å². The maximum atomic E-state index is 13.0. The van der Waals surface area contributed by atoms with Crippen LogP contribution in [0.25, 0.3) is 0 Å². The van der Waals surface area contributed by atoms with E-state index in [1.807, 2.05) is 0 Å². The summed E-state index contributed by atoms with van der Waals surface area (Å²) in [6.45, 7) is 8.89. The van der Waals surface area contributed by atoms with Crippen molar-refractivity contribution < 1.29 is 57.6 Å². The largest absolute Gasteiger partial charge is 0.525 e. The van der Waals surface area contributed by atoms with Gasteiger partial charge in [-0.1, -0.05) is 58.2 Å². The number of ether oxygens (including phenoxy) is 1. The highest BCUT2D eigenvalue weighted by Crippen LogP contribution is 2.43. The average Bonchev–Trinajstić information content (AvgIpc) is 3.70. The van der Waals surface area contributed by atoms with Gasteiger partial charge in [-0.2, -0.15) is 0 Å². The summed E-state index contributed by atoms with van der Waals surface area (Å²) < 4.78 is 23.0. The predicted octanol–water partition coefficient (Wildman–Crippen LogP) is 3.69. The molecule has 1 aliphatic rings. The number of hydrogen-bond donors (Lipinski definition) is 5. The summed E-state index contributed by atoms with van der Waals surface area (Å²) in [4.78, 5) is 92.6. The molecule has 1 aromatic heterocycles. The maximum Gasteiger partial charge on any atom is 0.525 e. The minimum absolute atomic E-state index is 0.00584. The van der Waals surface area contributed by atoms with Crippen molar-refractivity contribution in [3.05, 3.63) is 45.8 Å². The number of esters is 1. The van der Waals surface area contributed by atoms with E-state index in [4.69, 9.17) is 14.5 Å². The van der Waals surface area contributed by atoms with Crippen LogP contribution in [0.4, 0.5) is 5.69 Å². The Morgan fingerprint density at radius 2 is 1.74 bits per heavy atom. The van der Waals surface area contributed by atoms with E-state index in [0.717, 1.165) is 49.7 Å². The maximum absolute atomic E-state index is 13.0. The highest BCUT2D eigenvalue weighted by molar-refractivity contribution is 8.00. The molecule has 0 aliphatic carbocycles. The molecule has 1 aliphatic heterocycles. The van der Waals surface area contributed by atoms with Crippen molar-refractivity contribution in [2.45, 2.75) is 122 Å². The number of aliphatic carboxylic acids is 1. The first-order valence-corrected chi connectivity index (χ1v) is 21.8. The number of carboxylic acid groups (broad SMARTS) is 1. The number of carboxylic acids is 1. The normalized spacial score (nSPS) is 15.5. The van der Waals surface area contributed by atoms with Crippen LogP contribution in [0.1, 0.15) is 103 Å². The number of phosphoric acid groups is 1. The number of aryl methyl sites for hydroxylation is 1. The monoisotopic (exact) mass is 855 g/mol. The second-order valence-electron chi connectivity index (χ2n) is 14.5. The van der Waals surface area contributed by atoms with Crippen molar-refractivity contribution in [2.75, 3.05) is 18.8 Å². The van der Waals surface area contributed by atoms with E-state index in [1.165, 1.54) is 11.0 Å². The molecule has 3 unspecified atom stereocenters. The highest BCUT2D eigenvalue weighted by atomic mass is 32.2. The summed E-state index contributed by atoms with van der Waals surface area (Å²) in [5.41, 5.74) is -0.144. The molecule has 22 heteroatoms. The van der Waals surface area contributed by atoms with Crippen LogP contribution < -0.4 is 15.2 Å². The minimum Gasteiger partial charge on any atom is -0.480 e. The number of amides is 3. The first kappa shape index (κ1) is 47.9. The summed E-state index contributed by atoms with van der Waals surface area (Å²) in [5.74, 6) is -4.06. The van der Waals surface area contributed by atoms with E-state index < -0.39 is 59.4 Å². The van der Waals surface area contributed by atoms with Crippen molar-refractivity contribution in [2.24, 2.45) is 5.92 Å². The third-order valence-corrected chi connectivity index (χ3v) is 10.7. The molecular formula is C36H54N7O13PS. The number of carbonyl (C=O) groups excluding carboxylic acids is 4. The van der Waals surface area contributed by atoms with Crippen LogP contribution in [0.5, 0.6) is 5.75 Å². The van der Waals surface area contributed by atoms with Gasteiger partial charge in [0.05, 0.1) is 21.8 Å². The zero-order chi connectivity index (χ0) is 43.0. The lowest BCUT2D eigenvalue weighted by molar-refractivity contribution is -0.385. The van der Waals surface area contributed by atoms with Crippen LogP contribution in [0.15, 0.2) is 24.4 Å². The van der Waals surface area contributed by atoms with Gasteiger partial charge in [-0.15, -0.1) is 16.9 Å². The van der Waals surface area contributed by atoms with Gasteiger partial charge in [-0.25, -0.2) is 9.36 Å². The van der Waals surface area contributed by atoms with Crippen molar-refractivity contribution in [1.82, 2.24) is 30.5 Å². The van der Waals surface area contributed by atoms with Crippen LogP contribution in [0, 0.1) is 16.0 Å². The van der Waals surface area contributed by atoms with Crippen molar-refractivity contribution in [1.29, 1.82) is 0 Å². The minimum atomic E-state index is -5.09. The van der Waals surface area contributed by atoms with Crippen LogP contribution in [-0.4, -0.2) is 106 Å². The van der Waals surface area contributed by atoms with Gasteiger partial charge in [0.2, 0.25) is 23.5 Å². The quantitative estimate of drug-likeness (QED) is 0.0214. The number of imide groups is 1. The van der Waals surface area contributed by atoms with E-state index in [2.05, 4.69) is 39.3 Å². The lowest BCUT2D eigenvalue weighted by atomic mass is 10.0. The standard InChI is InChI=1S/C36H54N7O13PS/c1-23(2)36(49)55-30(25-13-14-29(56-57(52,53)54)28(18-25)43(50)51)19-26-21-41(40-39-26)16-10-5-6-11-17-42-33(45)20-31(34(42)46)58-22-27(35(47)48)38-32(44)12-8-7-9-15-37-24(3)4/h13-14,18,21,23-24,27,30-31,37H,5-12,15-17,19-20,22H2,1-4H3,(H,38,44)(H,47,48)(H2,52,53,54).